The number of carbonyl (C=O) groups is 1. The van der Waals surface area contributed by atoms with Crippen LogP contribution < -0.4 is 10.9 Å². The summed E-state index contributed by atoms with van der Waals surface area (Å²) in [6.45, 7) is 2.65. The molecule has 9 heteroatoms. The lowest BCUT2D eigenvalue weighted by Gasteiger charge is -2.30. The molecule has 3 aromatic heterocycles. The van der Waals surface area contributed by atoms with Crippen molar-refractivity contribution < 1.29 is 9.53 Å². The molecule has 1 amide bonds. The lowest BCUT2D eigenvalue weighted by molar-refractivity contribution is -0.115. The molecule has 0 bridgehead atoms. The minimum absolute atomic E-state index is 0.00577. The number of carbonyl (C=O) groups excluding carboxylic acids is 1. The van der Waals surface area contributed by atoms with Crippen LogP contribution in [-0.4, -0.2) is 38.1 Å². The van der Waals surface area contributed by atoms with Gasteiger partial charge in [0.2, 0.25) is 5.91 Å². The van der Waals surface area contributed by atoms with Crippen LogP contribution in [0.15, 0.2) is 47.5 Å². The van der Waals surface area contributed by atoms with Crippen LogP contribution in [0.2, 0.25) is 0 Å². The monoisotopic (exact) mass is 442 g/mol. The quantitative estimate of drug-likeness (QED) is 0.500. The number of ether oxygens (including phenoxy) is 1. The van der Waals surface area contributed by atoms with Crippen molar-refractivity contribution in [3.05, 3.63) is 64.5 Å². The molecule has 5 rings (SSSR count). The Bertz CT molecular complexity index is 1460. The Morgan fingerprint density at radius 2 is 2.24 bits per heavy atom. The molecular formula is C24H22N6O3. The molecule has 1 saturated heterocycles. The van der Waals surface area contributed by atoms with Crippen molar-refractivity contribution in [2.24, 2.45) is 0 Å². The average Bonchev–Trinajstić information content (AvgIpc) is 3.18. The number of H-pyrrole nitrogens is 1. The summed E-state index contributed by atoms with van der Waals surface area (Å²) in [6.07, 6.45) is 4.84. The minimum atomic E-state index is -0.364. The number of aromatic nitrogens is 4. The van der Waals surface area contributed by atoms with E-state index in [0.717, 1.165) is 29.3 Å². The number of pyridine rings is 2. The van der Waals surface area contributed by atoms with Gasteiger partial charge in [0.05, 0.1) is 41.4 Å². The van der Waals surface area contributed by atoms with Gasteiger partial charge >= 0.3 is 0 Å². The van der Waals surface area contributed by atoms with Crippen molar-refractivity contribution in [3.63, 3.8) is 0 Å². The van der Waals surface area contributed by atoms with E-state index in [4.69, 9.17) is 9.72 Å². The SMILES string of the molecule is C[C@@H]1C[C@H](n2c(CC(=O)Nc3ccc[nH]c3=O)nc3cnc4ccc(C#N)cc4c32)CCO1. The van der Waals surface area contributed by atoms with Crippen molar-refractivity contribution in [2.45, 2.75) is 38.3 Å². The fourth-order valence-corrected chi connectivity index (χ4v) is 4.48. The molecule has 2 N–H and O–H groups in total. The molecule has 33 heavy (non-hydrogen) atoms. The van der Waals surface area contributed by atoms with Crippen LogP contribution in [0.3, 0.4) is 0 Å². The summed E-state index contributed by atoms with van der Waals surface area (Å²) in [5.74, 6) is 0.254. The largest absolute Gasteiger partial charge is 0.378 e. The number of anilines is 1. The highest BCUT2D eigenvalue weighted by Crippen LogP contribution is 2.34. The topological polar surface area (TPSA) is 126 Å². The molecule has 1 aliphatic rings. The first-order valence-electron chi connectivity index (χ1n) is 10.8. The maximum atomic E-state index is 12.9. The van der Waals surface area contributed by atoms with E-state index in [9.17, 15) is 14.9 Å². The maximum Gasteiger partial charge on any atom is 0.271 e. The Balaban J connectivity index is 1.63. The van der Waals surface area contributed by atoms with Crippen LogP contribution in [0, 0.1) is 11.3 Å². The Morgan fingerprint density at radius 3 is 3.03 bits per heavy atom. The number of rotatable bonds is 4. The second kappa shape index (κ2) is 8.48. The van der Waals surface area contributed by atoms with Crippen LogP contribution in [0.5, 0.6) is 0 Å². The second-order valence-corrected chi connectivity index (χ2v) is 8.23. The van der Waals surface area contributed by atoms with Crippen LogP contribution in [-0.2, 0) is 16.0 Å². The standard InChI is InChI=1S/C24H22N6O3/c1-14-9-16(6-8-33-14)30-21(11-22(31)29-19-3-2-7-26-24(19)32)28-20-13-27-18-5-4-15(12-25)10-17(18)23(20)30/h2-5,7,10,13-14,16H,6,8-9,11H2,1H3,(H,26,32)(H,29,31)/t14-,16-/m1/s1. The number of nitrogens with one attached hydrogen (secondary N) is 2. The molecule has 4 aromatic rings. The summed E-state index contributed by atoms with van der Waals surface area (Å²) in [5, 5.41) is 12.9. The fourth-order valence-electron chi connectivity index (χ4n) is 4.48. The van der Waals surface area contributed by atoms with Crippen LogP contribution >= 0.6 is 0 Å². The van der Waals surface area contributed by atoms with Crippen LogP contribution in [0.4, 0.5) is 5.69 Å². The number of nitriles is 1. The first kappa shape index (κ1) is 20.8. The number of amides is 1. The highest BCUT2D eigenvalue weighted by molar-refractivity contribution is 6.03. The average molecular weight is 442 g/mol. The molecule has 0 saturated carbocycles. The fraction of sp³-hybridized carbons (Fsp3) is 0.292. The maximum absolute atomic E-state index is 12.9. The molecule has 2 atom stereocenters. The third-order valence-corrected chi connectivity index (χ3v) is 5.95. The van der Waals surface area contributed by atoms with E-state index in [1.165, 1.54) is 6.20 Å². The first-order valence-corrected chi connectivity index (χ1v) is 10.8. The summed E-state index contributed by atoms with van der Waals surface area (Å²) in [5.41, 5.74) is 2.64. The lowest BCUT2D eigenvalue weighted by atomic mass is 10.0. The van der Waals surface area contributed by atoms with Gasteiger partial charge in [-0.1, -0.05) is 0 Å². The van der Waals surface area contributed by atoms with E-state index in [-0.39, 0.29) is 35.7 Å². The molecule has 9 nitrogen and oxygen atoms in total. The molecule has 1 aliphatic heterocycles. The molecule has 0 aliphatic carbocycles. The van der Waals surface area contributed by atoms with Gasteiger partial charge in [0.25, 0.3) is 5.56 Å². The van der Waals surface area contributed by atoms with Crippen molar-refractivity contribution in [1.29, 1.82) is 5.26 Å². The number of fused-ring (bicyclic) bond motifs is 3. The Kier molecular flexibility index (Phi) is 5.36. The van der Waals surface area contributed by atoms with Gasteiger partial charge in [-0.05, 0) is 50.1 Å². The minimum Gasteiger partial charge on any atom is -0.378 e. The number of imidazole rings is 1. The third kappa shape index (κ3) is 3.97. The summed E-state index contributed by atoms with van der Waals surface area (Å²) in [4.78, 5) is 36.6. The number of hydrogen-bond donors (Lipinski definition) is 2. The number of nitrogens with zero attached hydrogens (tertiary/aromatic N) is 4. The van der Waals surface area contributed by atoms with Crippen molar-refractivity contribution >= 4 is 33.5 Å². The normalized spacial score (nSPS) is 18.3. The van der Waals surface area contributed by atoms with Gasteiger partial charge in [-0.25, -0.2) is 4.98 Å². The second-order valence-electron chi connectivity index (χ2n) is 8.23. The molecule has 1 fully saturated rings. The van der Waals surface area contributed by atoms with Crippen molar-refractivity contribution in [1.82, 2.24) is 19.5 Å². The molecule has 166 valence electrons. The molecule has 4 heterocycles. The number of aromatic amines is 1. The van der Waals surface area contributed by atoms with E-state index in [1.54, 1.807) is 24.4 Å². The molecular weight excluding hydrogens is 420 g/mol. The zero-order valence-electron chi connectivity index (χ0n) is 18.0. The molecule has 1 aromatic carbocycles. The van der Waals surface area contributed by atoms with E-state index in [0.29, 0.717) is 23.5 Å². The summed E-state index contributed by atoms with van der Waals surface area (Å²) in [6, 6.07) is 10.9. The first-order chi connectivity index (χ1) is 16.0. The highest BCUT2D eigenvalue weighted by Gasteiger charge is 2.27. The van der Waals surface area contributed by atoms with Gasteiger partial charge in [-0.3, -0.25) is 14.6 Å². The lowest BCUT2D eigenvalue weighted by Crippen LogP contribution is -2.28. The van der Waals surface area contributed by atoms with E-state index in [2.05, 4.69) is 25.9 Å². The number of hydrogen-bond acceptors (Lipinski definition) is 6. The molecule has 0 radical (unpaired) electrons. The summed E-state index contributed by atoms with van der Waals surface area (Å²) in [7, 11) is 0. The Morgan fingerprint density at radius 1 is 1.36 bits per heavy atom. The number of benzene rings is 1. The zero-order chi connectivity index (χ0) is 22.9. The Labute approximate surface area is 189 Å². The summed E-state index contributed by atoms with van der Waals surface area (Å²) >= 11 is 0. The predicted octanol–water partition coefficient (Wildman–Crippen LogP) is 3.07. The molecule has 0 unspecified atom stereocenters. The smallest absolute Gasteiger partial charge is 0.271 e. The highest BCUT2D eigenvalue weighted by atomic mass is 16.5. The van der Waals surface area contributed by atoms with Crippen LogP contribution in [0.25, 0.3) is 21.9 Å². The van der Waals surface area contributed by atoms with Crippen molar-refractivity contribution in [2.75, 3.05) is 11.9 Å². The summed E-state index contributed by atoms with van der Waals surface area (Å²) < 4.78 is 7.85. The van der Waals surface area contributed by atoms with Gasteiger partial charge in [0.15, 0.2) is 0 Å². The van der Waals surface area contributed by atoms with Gasteiger partial charge in [-0.15, -0.1) is 0 Å². The Hall–Kier alpha value is -4.03. The van der Waals surface area contributed by atoms with Gasteiger partial charge < -0.3 is 19.6 Å². The van der Waals surface area contributed by atoms with Gasteiger partial charge in [-0.2, -0.15) is 5.26 Å². The predicted molar refractivity (Wildman–Crippen MR) is 123 cm³/mol. The zero-order valence-corrected chi connectivity index (χ0v) is 18.0. The molecule has 0 spiro atoms. The third-order valence-electron chi connectivity index (χ3n) is 5.95. The van der Waals surface area contributed by atoms with Gasteiger partial charge in [0, 0.05) is 24.2 Å². The van der Waals surface area contributed by atoms with Crippen LogP contribution in [0.1, 0.15) is 37.2 Å². The van der Waals surface area contributed by atoms with E-state index < -0.39 is 0 Å². The van der Waals surface area contributed by atoms with E-state index >= 15 is 0 Å². The van der Waals surface area contributed by atoms with Crippen molar-refractivity contribution in [3.8, 4) is 6.07 Å². The van der Waals surface area contributed by atoms with E-state index in [1.807, 2.05) is 19.1 Å². The van der Waals surface area contributed by atoms with Gasteiger partial charge in [0.1, 0.15) is 17.0 Å².